The van der Waals surface area contributed by atoms with E-state index in [-0.39, 0.29) is 12.7 Å². The highest BCUT2D eigenvalue weighted by Gasteiger charge is 2.17. The van der Waals surface area contributed by atoms with E-state index < -0.39 is 5.97 Å². The summed E-state index contributed by atoms with van der Waals surface area (Å²) >= 11 is 0. The Morgan fingerprint density at radius 2 is 1.78 bits per heavy atom. The molecule has 0 fully saturated rings. The van der Waals surface area contributed by atoms with Crippen LogP contribution in [0, 0.1) is 6.92 Å². The molecule has 3 rings (SSSR count). The van der Waals surface area contributed by atoms with Crippen molar-refractivity contribution < 1.29 is 23.8 Å². The minimum Gasteiger partial charge on any atom is -0.465 e. The molecule has 0 unspecified atom stereocenters. The van der Waals surface area contributed by atoms with Crippen molar-refractivity contribution in [3.8, 4) is 11.5 Å². The SMILES string of the molecule is COC(=O)c1ccc(NC(=O)c2ccc3c(c2)OCO3)c(C)c1. The lowest BCUT2D eigenvalue weighted by atomic mass is 10.1. The van der Waals surface area contributed by atoms with Crippen LogP contribution >= 0.6 is 0 Å². The van der Waals surface area contributed by atoms with Crippen molar-refractivity contribution in [1.29, 1.82) is 0 Å². The number of rotatable bonds is 3. The molecule has 1 heterocycles. The topological polar surface area (TPSA) is 73.9 Å². The Balaban J connectivity index is 1.79. The molecular weight excluding hydrogens is 298 g/mol. The van der Waals surface area contributed by atoms with Gasteiger partial charge >= 0.3 is 5.97 Å². The molecule has 0 radical (unpaired) electrons. The highest BCUT2D eigenvalue weighted by molar-refractivity contribution is 6.05. The number of ether oxygens (including phenoxy) is 3. The third kappa shape index (κ3) is 2.96. The zero-order chi connectivity index (χ0) is 16.4. The largest absolute Gasteiger partial charge is 0.465 e. The molecule has 1 aliphatic rings. The van der Waals surface area contributed by atoms with Crippen molar-refractivity contribution in [2.75, 3.05) is 19.2 Å². The normalized spacial score (nSPS) is 11.9. The number of methoxy groups -OCH3 is 1. The molecule has 6 nitrogen and oxygen atoms in total. The summed E-state index contributed by atoms with van der Waals surface area (Å²) in [6.07, 6.45) is 0. The van der Waals surface area contributed by atoms with E-state index in [2.05, 4.69) is 10.1 Å². The van der Waals surface area contributed by atoms with Crippen molar-refractivity contribution >= 4 is 17.6 Å². The maximum Gasteiger partial charge on any atom is 0.337 e. The van der Waals surface area contributed by atoms with Gasteiger partial charge in [-0.1, -0.05) is 0 Å². The van der Waals surface area contributed by atoms with Gasteiger partial charge in [0, 0.05) is 11.3 Å². The van der Waals surface area contributed by atoms with Crippen LogP contribution in [0.3, 0.4) is 0 Å². The number of aryl methyl sites for hydroxylation is 1. The van der Waals surface area contributed by atoms with E-state index in [0.717, 1.165) is 5.56 Å². The third-order valence-electron chi connectivity index (χ3n) is 3.53. The van der Waals surface area contributed by atoms with Crippen LogP contribution in [0.25, 0.3) is 0 Å². The lowest BCUT2D eigenvalue weighted by Crippen LogP contribution is -2.13. The lowest BCUT2D eigenvalue weighted by molar-refractivity contribution is 0.0600. The van der Waals surface area contributed by atoms with E-state index in [9.17, 15) is 9.59 Å². The predicted molar refractivity (Wildman–Crippen MR) is 83.0 cm³/mol. The first-order valence-corrected chi connectivity index (χ1v) is 6.98. The van der Waals surface area contributed by atoms with E-state index >= 15 is 0 Å². The highest BCUT2D eigenvalue weighted by Crippen LogP contribution is 2.32. The first kappa shape index (κ1) is 14.9. The van der Waals surface area contributed by atoms with Crippen molar-refractivity contribution in [2.24, 2.45) is 0 Å². The zero-order valence-corrected chi connectivity index (χ0v) is 12.7. The molecule has 1 aliphatic heterocycles. The average Bonchev–Trinajstić information content (AvgIpc) is 3.03. The number of amides is 1. The van der Waals surface area contributed by atoms with E-state index in [1.807, 2.05) is 6.92 Å². The monoisotopic (exact) mass is 313 g/mol. The zero-order valence-electron chi connectivity index (χ0n) is 12.7. The van der Waals surface area contributed by atoms with Crippen molar-refractivity contribution in [2.45, 2.75) is 6.92 Å². The molecule has 0 aromatic heterocycles. The van der Waals surface area contributed by atoms with Gasteiger partial charge in [0.1, 0.15) is 0 Å². The molecule has 0 bridgehead atoms. The number of hydrogen-bond acceptors (Lipinski definition) is 5. The van der Waals surface area contributed by atoms with E-state index in [4.69, 9.17) is 9.47 Å². The van der Waals surface area contributed by atoms with Crippen LogP contribution in [0.5, 0.6) is 11.5 Å². The van der Waals surface area contributed by atoms with Crippen LogP contribution in [0.4, 0.5) is 5.69 Å². The maximum absolute atomic E-state index is 12.3. The fourth-order valence-corrected chi connectivity index (χ4v) is 2.28. The first-order chi connectivity index (χ1) is 11.1. The van der Waals surface area contributed by atoms with Crippen LogP contribution in [0.15, 0.2) is 36.4 Å². The quantitative estimate of drug-likeness (QED) is 0.882. The Morgan fingerprint density at radius 1 is 1.04 bits per heavy atom. The minimum absolute atomic E-state index is 0.161. The second kappa shape index (κ2) is 6.00. The van der Waals surface area contributed by atoms with Crippen molar-refractivity contribution in [3.63, 3.8) is 0 Å². The molecule has 0 spiro atoms. The summed E-state index contributed by atoms with van der Waals surface area (Å²) in [6.45, 7) is 1.97. The third-order valence-corrected chi connectivity index (χ3v) is 3.53. The van der Waals surface area contributed by atoms with Crippen molar-refractivity contribution in [1.82, 2.24) is 0 Å². The Bertz CT molecular complexity index is 785. The van der Waals surface area contributed by atoms with E-state index in [0.29, 0.717) is 28.3 Å². The van der Waals surface area contributed by atoms with Gasteiger partial charge in [0.2, 0.25) is 6.79 Å². The minimum atomic E-state index is -0.415. The van der Waals surface area contributed by atoms with Gasteiger partial charge in [0.05, 0.1) is 12.7 Å². The maximum atomic E-state index is 12.3. The number of hydrogen-bond donors (Lipinski definition) is 1. The molecule has 1 amide bonds. The molecule has 0 saturated carbocycles. The molecule has 23 heavy (non-hydrogen) atoms. The summed E-state index contributed by atoms with van der Waals surface area (Å²) in [5.41, 5.74) is 2.29. The summed E-state index contributed by atoms with van der Waals surface area (Å²) in [7, 11) is 1.33. The molecule has 2 aromatic rings. The number of nitrogens with one attached hydrogen (secondary N) is 1. The van der Waals surface area contributed by atoms with Crippen LogP contribution in [-0.2, 0) is 4.74 Å². The molecule has 2 aromatic carbocycles. The van der Waals surface area contributed by atoms with Crippen LogP contribution in [-0.4, -0.2) is 25.8 Å². The molecule has 0 saturated heterocycles. The number of benzene rings is 2. The summed E-state index contributed by atoms with van der Waals surface area (Å²) < 4.78 is 15.2. The van der Waals surface area contributed by atoms with Gasteiger partial charge in [0.25, 0.3) is 5.91 Å². The van der Waals surface area contributed by atoms with Crippen LogP contribution in [0.1, 0.15) is 26.3 Å². The van der Waals surface area contributed by atoms with Gasteiger partial charge in [-0.2, -0.15) is 0 Å². The van der Waals surface area contributed by atoms with Gasteiger partial charge in [-0.05, 0) is 48.9 Å². The lowest BCUT2D eigenvalue weighted by Gasteiger charge is -2.10. The first-order valence-electron chi connectivity index (χ1n) is 6.98. The van der Waals surface area contributed by atoms with Gasteiger partial charge in [0.15, 0.2) is 11.5 Å². The fourth-order valence-electron chi connectivity index (χ4n) is 2.28. The summed E-state index contributed by atoms with van der Waals surface area (Å²) in [4.78, 5) is 23.8. The molecule has 0 atom stereocenters. The van der Waals surface area contributed by atoms with Gasteiger partial charge in [-0.3, -0.25) is 4.79 Å². The smallest absolute Gasteiger partial charge is 0.337 e. The van der Waals surface area contributed by atoms with Crippen molar-refractivity contribution in [3.05, 3.63) is 53.1 Å². The molecule has 6 heteroatoms. The van der Waals surface area contributed by atoms with Gasteiger partial charge in [-0.15, -0.1) is 0 Å². The highest BCUT2D eigenvalue weighted by atomic mass is 16.7. The van der Waals surface area contributed by atoms with Gasteiger partial charge in [-0.25, -0.2) is 4.79 Å². The Morgan fingerprint density at radius 3 is 2.52 bits per heavy atom. The molecule has 1 N–H and O–H groups in total. The fraction of sp³-hybridized carbons (Fsp3) is 0.176. The van der Waals surface area contributed by atoms with Crippen LogP contribution in [0.2, 0.25) is 0 Å². The Hall–Kier alpha value is -3.02. The number of carbonyl (C=O) groups is 2. The molecule has 0 aliphatic carbocycles. The van der Waals surface area contributed by atoms with Gasteiger partial charge < -0.3 is 19.5 Å². The Labute approximate surface area is 133 Å². The second-order valence-corrected chi connectivity index (χ2v) is 5.04. The van der Waals surface area contributed by atoms with Crippen LogP contribution < -0.4 is 14.8 Å². The summed E-state index contributed by atoms with van der Waals surface area (Å²) in [6, 6.07) is 9.95. The molecule has 118 valence electrons. The number of anilines is 1. The Kier molecular flexibility index (Phi) is 3.89. The summed E-state index contributed by atoms with van der Waals surface area (Å²) in [5.74, 6) is 0.495. The predicted octanol–water partition coefficient (Wildman–Crippen LogP) is 2.76. The standard InChI is InChI=1S/C17H15NO5/c1-10-7-12(17(20)21-2)3-5-13(10)18-16(19)11-4-6-14-15(8-11)23-9-22-14/h3-8H,9H2,1-2H3,(H,18,19). The average molecular weight is 313 g/mol. The number of fused-ring (bicyclic) bond motifs is 1. The molecular formula is C17H15NO5. The van der Waals surface area contributed by atoms with E-state index in [1.54, 1.807) is 36.4 Å². The summed E-state index contributed by atoms with van der Waals surface area (Å²) in [5, 5.41) is 2.81. The van der Waals surface area contributed by atoms with E-state index in [1.165, 1.54) is 7.11 Å². The number of esters is 1. The second-order valence-electron chi connectivity index (χ2n) is 5.04. The number of carbonyl (C=O) groups excluding carboxylic acids is 2.